The van der Waals surface area contributed by atoms with Crippen molar-refractivity contribution in [1.82, 2.24) is 10.6 Å². The van der Waals surface area contributed by atoms with Crippen LogP contribution in [0.3, 0.4) is 0 Å². The lowest BCUT2D eigenvalue weighted by molar-refractivity contribution is -0.145. The lowest BCUT2D eigenvalue weighted by Crippen LogP contribution is -2.43. The Labute approximate surface area is 187 Å². The molecule has 2 aromatic rings. The standard InChI is InChI=1S/C24H29FN2O5/c1-31-23(29)21(16-19-11-8-12-20(25)15-19)27-22(28)13-6-3-7-14-26-24(30)32-17-18-9-4-2-5-10-18/h2,4-5,8-12,15,21H,3,6-7,13-14,16-17H2,1H3,(H,26,30)(H,27,28)/t21-/m1/s1. The van der Waals surface area contributed by atoms with Crippen LogP contribution in [0.15, 0.2) is 54.6 Å². The number of carbonyl (C=O) groups excluding carboxylic acids is 3. The van der Waals surface area contributed by atoms with Gasteiger partial charge in [0.1, 0.15) is 18.5 Å². The summed E-state index contributed by atoms with van der Waals surface area (Å²) in [5.41, 5.74) is 1.50. The van der Waals surface area contributed by atoms with E-state index in [1.165, 1.54) is 19.2 Å². The van der Waals surface area contributed by atoms with Crippen LogP contribution in [0.1, 0.15) is 36.8 Å². The highest BCUT2D eigenvalue weighted by Gasteiger charge is 2.22. The van der Waals surface area contributed by atoms with Crippen molar-refractivity contribution in [3.63, 3.8) is 0 Å². The SMILES string of the molecule is COC(=O)[C@@H](Cc1cccc(F)c1)NC(=O)CCCCCNC(=O)OCc1ccccc1. The average molecular weight is 445 g/mol. The summed E-state index contributed by atoms with van der Waals surface area (Å²) in [6.45, 7) is 0.656. The average Bonchev–Trinajstić information content (AvgIpc) is 2.79. The van der Waals surface area contributed by atoms with E-state index < -0.39 is 23.9 Å². The molecule has 2 rings (SSSR count). The molecule has 2 aromatic carbocycles. The number of unbranched alkanes of at least 4 members (excludes halogenated alkanes) is 2. The van der Waals surface area contributed by atoms with Crippen LogP contribution in [0.25, 0.3) is 0 Å². The van der Waals surface area contributed by atoms with Crippen LogP contribution in [0.4, 0.5) is 9.18 Å². The number of rotatable bonds is 12. The van der Waals surface area contributed by atoms with Crippen LogP contribution in [0.2, 0.25) is 0 Å². The molecule has 2 amide bonds. The van der Waals surface area contributed by atoms with Crippen LogP contribution < -0.4 is 10.6 Å². The van der Waals surface area contributed by atoms with E-state index >= 15 is 0 Å². The molecule has 0 radical (unpaired) electrons. The molecule has 7 nitrogen and oxygen atoms in total. The number of methoxy groups -OCH3 is 1. The van der Waals surface area contributed by atoms with Crippen molar-refractivity contribution >= 4 is 18.0 Å². The highest BCUT2D eigenvalue weighted by atomic mass is 19.1. The van der Waals surface area contributed by atoms with E-state index in [9.17, 15) is 18.8 Å². The first kappa shape index (κ1) is 24.8. The molecule has 0 saturated heterocycles. The summed E-state index contributed by atoms with van der Waals surface area (Å²) in [7, 11) is 1.24. The molecule has 2 N–H and O–H groups in total. The summed E-state index contributed by atoms with van der Waals surface area (Å²) in [6.07, 6.45) is 1.90. The van der Waals surface area contributed by atoms with Crippen molar-refractivity contribution in [2.24, 2.45) is 0 Å². The van der Waals surface area contributed by atoms with Crippen LogP contribution in [0.5, 0.6) is 0 Å². The number of carbonyl (C=O) groups is 3. The molecule has 0 unspecified atom stereocenters. The summed E-state index contributed by atoms with van der Waals surface area (Å²) < 4.78 is 23.2. The number of alkyl carbamates (subject to hydrolysis) is 1. The second kappa shape index (κ2) is 13.8. The Kier molecular flexibility index (Phi) is 10.7. The monoisotopic (exact) mass is 444 g/mol. The minimum Gasteiger partial charge on any atom is -0.467 e. The maximum Gasteiger partial charge on any atom is 0.407 e. The Morgan fingerprint density at radius 1 is 0.969 bits per heavy atom. The number of halogens is 1. The third-order valence-corrected chi connectivity index (χ3v) is 4.71. The fraction of sp³-hybridized carbons (Fsp3) is 0.375. The Bertz CT molecular complexity index is 876. The zero-order valence-corrected chi connectivity index (χ0v) is 18.1. The number of nitrogens with one attached hydrogen (secondary N) is 2. The van der Waals surface area contributed by atoms with Crippen molar-refractivity contribution in [1.29, 1.82) is 0 Å². The van der Waals surface area contributed by atoms with Gasteiger partial charge in [-0.2, -0.15) is 0 Å². The molecule has 0 fully saturated rings. The van der Waals surface area contributed by atoms with E-state index in [1.807, 2.05) is 30.3 Å². The second-order valence-corrected chi connectivity index (χ2v) is 7.28. The number of hydrogen-bond donors (Lipinski definition) is 2. The van der Waals surface area contributed by atoms with Gasteiger partial charge < -0.3 is 20.1 Å². The van der Waals surface area contributed by atoms with Crippen molar-refractivity contribution in [3.05, 3.63) is 71.5 Å². The van der Waals surface area contributed by atoms with E-state index in [2.05, 4.69) is 10.6 Å². The normalized spacial score (nSPS) is 11.3. The van der Waals surface area contributed by atoms with Gasteiger partial charge in [-0.3, -0.25) is 4.79 Å². The van der Waals surface area contributed by atoms with Gasteiger partial charge in [-0.05, 0) is 36.1 Å². The first-order chi connectivity index (χ1) is 15.5. The van der Waals surface area contributed by atoms with E-state index in [1.54, 1.807) is 12.1 Å². The fourth-order valence-electron chi connectivity index (χ4n) is 3.05. The zero-order valence-electron chi connectivity index (χ0n) is 18.1. The van der Waals surface area contributed by atoms with Crippen LogP contribution in [0, 0.1) is 5.82 Å². The number of amides is 2. The van der Waals surface area contributed by atoms with Crippen molar-refractivity contribution in [3.8, 4) is 0 Å². The first-order valence-corrected chi connectivity index (χ1v) is 10.5. The number of benzene rings is 2. The minimum atomic E-state index is -0.879. The molecule has 0 heterocycles. The van der Waals surface area contributed by atoms with E-state index in [4.69, 9.17) is 9.47 Å². The van der Waals surface area contributed by atoms with E-state index in [-0.39, 0.29) is 25.4 Å². The highest BCUT2D eigenvalue weighted by Crippen LogP contribution is 2.09. The van der Waals surface area contributed by atoms with Crippen LogP contribution in [-0.4, -0.2) is 37.7 Å². The summed E-state index contributed by atoms with van der Waals surface area (Å²) >= 11 is 0. The first-order valence-electron chi connectivity index (χ1n) is 10.5. The molecule has 0 aliphatic heterocycles. The molecule has 0 saturated carbocycles. The largest absolute Gasteiger partial charge is 0.467 e. The quantitative estimate of drug-likeness (QED) is 0.386. The topological polar surface area (TPSA) is 93.7 Å². The van der Waals surface area contributed by atoms with Gasteiger partial charge in [0.05, 0.1) is 7.11 Å². The molecular formula is C24H29FN2O5. The van der Waals surface area contributed by atoms with Gasteiger partial charge in [-0.15, -0.1) is 0 Å². The van der Waals surface area contributed by atoms with Crippen molar-refractivity contribution < 1.29 is 28.2 Å². The predicted molar refractivity (Wildman–Crippen MR) is 117 cm³/mol. The van der Waals surface area contributed by atoms with Gasteiger partial charge >= 0.3 is 12.1 Å². The summed E-state index contributed by atoms with van der Waals surface area (Å²) in [4.78, 5) is 35.9. The molecule has 0 bridgehead atoms. The third-order valence-electron chi connectivity index (χ3n) is 4.71. The Balaban J connectivity index is 1.61. The van der Waals surface area contributed by atoms with Crippen molar-refractivity contribution in [2.45, 2.75) is 44.8 Å². The Morgan fingerprint density at radius 2 is 1.72 bits per heavy atom. The van der Waals surface area contributed by atoms with Gasteiger partial charge in [0.25, 0.3) is 0 Å². The van der Waals surface area contributed by atoms with Crippen LogP contribution in [-0.2, 0) is 32.1 Å². The second-order valence-electron chi connectivity index (χ2n) is 7.28. The number of ether oxygens (including phenoxy) is 2. The maximum atomic E-state index is 13.4. The molecule has 32 heavy (non-hydrogen) atoms. The van der Waals surface area contributed by atoms with Gasteiger partial charge in [0.2, 0.25) is 5.91 Å². The maximum absolute atomic E-state index is 13.4. The van der Waals surface area contributed by atoms with Gasteiger partial charge in [0, 0.05) is 19.4 Å². The smallest absolute Gasteiger partial charge is 0.407 e. The third kappa shape index (κ3) is 9.59. The van der Waals surface area contributed by atoms with Gasteiger partial charge in [0.15, 0.2) is 0 Å². The summed E-state index contributed by atoms with van der Waals surface area (Å²) in [5, 5.41) is 5.33. The molecule has 0 aromatic heterocycles. The predicted octanol–water partition coefficient (Wildman–Crippen LogP) is 3.51. The van der Waals surface area contributed by atoms with Gasteiger partial charge in [-0.1, -0.05) is 48.9 Å². The Hall–Kier alpha value is -3.42. The molecular weight excluding hydrogens is 415 g/mol. The molecule has 172 valence electrons. The van der Waals surface area contributed by atoms with Gasteiger partial charge in [-0.25, -0.2) is 14.0 Å². The molecule has 0 aliphatic carbocycles. The lowest BCUT2D eigenvalue weighted by Gasteiger charge is -2.16. The van der Waals surface area contributed by atoms with Crippen molar-refractivity contribution in [2.75, 3.05) is 13.7 Å². The summed E-state index contributed by atoms with van der Waals surface area (Å²) in [6, 6.07) is 14.4. The lowest BCUT2D eigenvalue weighted by atomic mass is 10.1. The highest BCUT2D eigenvalue weighted by molar-refractivity contribution is 5.84. The zero-order chi connectivity index (χ0) is 23.2. The molecule has 0 aliphatic rings. The number of hydrogen-bond acceptors (Lipinski definition) is 5. The molecule has 0 spiro atoms. The van der Waals surface area contributed by atoms with Crippen LogP contribution >= 0.6 is 0 Å². The van der Waals surface area contributed by atoms with E-state index in [0.717, 1.165) is 12.0 Å². The fourth-order valence-corrected chi connectivity index (χ4v) is 3.05. The minimum absolute atomic E-state index is 0.144. The Morgan fingerprint density at radius 3 is 2.44 bits per heavy atom. The summed E-state index contributed by atoms with van der Waals surface area (Å²) in [5.74, 6) is -1.28. The number of esters is 1. The van der Waals surface area contributed by atoms with E-state index in [0.29, 0.717) is 24.9 Å². The molecule has 8 heteroatoms. The molecule has 1 atom stereocenters.